The molecular weight excluding hydrogens is 300 g/mol. The molecule has 1 heterocycles. The zero-order valence-corrected chi connectivity index (χ0v) is 12.3. The van der Waals surface area contributed by atoms with Crippen molar-refractivity contribution in [3.05, 3.63) is 53.3 Å². The molecular formula is C13H13ClN2O3S. The summed E-state index contributed by atoms with van der Waals surface area (Å²) in [5.41, 5.74) is 1.31. The molecule has 5 nitrogen and oxygen atoms in total. The molecule has 0 fully saturated rings. The second-order valence-electron chi connectivity index (χ2n) is 4.03. The topological polar surface area (TPSA) is 68.3 Å². The van der Waals surface area contributed by atoms with Crippen LogP contribution in [-0.2, 0) is 21.4 Å². The fourth-order valence-electron chi connectivity index (χ4n) is 1.67. The monoisotopic (exact) mass is 312 g/mol. The molecule has 0 amide bonds. The first-order chi connectivity index (χ1) is 9.53. The van der Waals surface area contributed by atoms with Crippen molar-refractivity contribution < 1.29 is 13.2 Å². The summed E-state index contributed by atoms with van der Waals surface area (Å²) in [4.78, 5) is 3.70. The summed E-state index contributed by atoms with van der Waals surface area (Å²) in [6.07, 6.45) is 1.43. The number of benzene rings is 1. The summed E-state index contributed by atoms with van der Waals surface area (Å²) < 4.78 is 31.9. The van der Waals surface area contributed by atoms with Gasteiger partial charge in [-0.15, -0.1) is 0 Å². The molecule has 0 saturated heterocycles. The van der Waals surface area contributed by atoms with E-state index < -0.39 is 10.0 Å². The van der Waals surface area contributed by atoms with Gasteiger partial charge in [-0.05, 0) is 29.8 Å². The van der Waals surface area contributed by atoms with Gasteiger partial charge in [-0.2, -0.15) is 0 Å². The maximum atomic E-state index is 12.2. The summed E-state index contributed by atoms with van der Waals surface area (Å²) in [7, 11) is -2.19. The molecule has 1 aromatic carbocycles. The molecule has 0 atom stereocenters. The Morgan fingerprint density at radius 1 is 1.30 bits per heavy atom. The number of methoxy groups -OCH3 is 1. The summed E-state index contributed by atoms with van der Waals surface area (Å²) in [5.74, 6) is 0. The van der Waals surface area contributed by atoms with E-state index in [1.165, 1.54) is 18.3 Å². The number of aromatic nitrogens is 1. The van der Waals surface area contributed by atoms with Gasteiger partial charge in [0.05, 0.1) is 6.61 Å². The van der Waals surface area contributed by atoms with Crippen LogP contribution in [0.5, 0.6) is 0 Å². The van der Waals surface area contributed by atoms with Crippen LogP contribution < -0.4 is 4.72 Å². The van der Waals surface area contributed by atoms with Gasteiger partial charge in [0, 0.05) is 19.0 Å². The highest BCUT2D eigenvalue weighted by Crippen LogP contribution is 2.22. The number of rotatable bonds is 5. The van der Waals surface area contributed by atoms with Crippen LogP contribution in [0.25, 0.3) is 0 Å². The molecule has 0 unspecified atom stereocenters. The van der Waals surface area contributed by atoms with E-state index in [9.17, 15) is 8.42 Å². The van der Waals surface area contributed by atoms with Gasteiger partial charge in [-0.25, -0.2) is 13.4 Å². The normalized spacial score (nSPS) is 11.3. The summed E-state index contributed by atoms with van der Waals surface area (Å²) in [5, 5.41) is -0.0620. The van der Waals surface area contributed by atoms with Gasteiger partial charge in [0.15, 0.2) is 0 Å². The Labute approximate surface area is 122 Å². The van der Waals surface area contributed by atoms with Gasteiger partial charge in [0.1, 0.15) is 10.0 Å². The average Bonchev–Trinajstić information content (AvgIpc) is 2.39. The Bertz CT molecular complexity index is 704. The molecule has 0 aliphatic rings. The van der Waals surface area contributed by atoms with Crippen molar-refractivity contribution in [3.8, 4) is 0 Å². The zero-order valence-electron chi connectivity index (χ0n) is 10.7. The number of hydrogen-bond donors (Lipinski definition) is 1. The molecule has 7 heteroatoms. The van der Waals surface area contributed by atoms with Gasteiger partial charge >= 0.3 is 0 Å². The zero-order chi connectivity index (χ0) is 14.6. The lowest BCUT2D eigenvalue weighted by Crippen LogP contribution is -2.14. The van der Waals surface area contributed by atoms with Crippen molar-refractivity contribution in [3.63, 3.8) is 0 Å². The summed E-state index contributed by atoms with van der Waals surface area (Å²) in [6, 6.07) is 9.86. The molecule has 0 radical (unpaired) electrons. The molecule has 106 valence electrons. The molecule has 2 rings (SSSR count). The molecule has 0 aliphatic heterocycles. The van der Waals surface area contributed by atoms with Crippen LogP contribution in [0.3, 0.4) is 0 Å². The number of anilines is 1. The highest BCUT2D eigenvalue weighted by molar-refractivity contribution is 7.92. The lowest BCUT2D eigenvalue weighted by molar-refractivity contribution is 0.185. The van der Waals surface area contributed by atoms with Crippen LogP contribution in [0.1, 0.15) is 5.56 Å². The average molecular weight is 313 g/mol. The minimum atomic E-state index is -3.76. The predicted molar refractivity (Wildman–Crippen MR) is 77.2 cm³/mol. The number of nitrogens with one attached hydrogen (secondary N) is 1. The largest absolute Gasteiger partial charge is 0.380 e. The predicted octanol–water partition coefficient (Wildman–Crippen LogP) is 2.68. The highest BCUT2D eigenvalue weighted by atomic mass is 35.5. The van der Waals surface area contributed by atoms with Crippen molar-refractivity contribution in [1.29, 1.82) is 0 Å². The Hall–Kier alpha value is -1.63. The second-order valence-corrected chi connectivity index (χ2v) is 6.04. The molecule has 20 heavy (non-hydrogen) atoms. The Morgan fingerprint density at radius 2 is 2.10 bits per heavy atom. The van der Waals surface area contributed by atoms with E-state index in [4.69, 9.17) is 16.3 Å². The number of sulfonamides is 1. The number of pyridine rings is 1. The standard InChI is InChI=1S/C13H13ClN2O3S/c1-19-9-10-4-2-5-11(8-10)16-20(17,18)12-6-3-7-15-13(12)14/h2-8,16H,9H2,1H3. The van der Waals surface area contributed by atoms with Crippen LogP contribution in [0, 0.1) is 0 Å². The Balaban J connectivity index is 2.29. The van der Waals surface area contributed by atoms with Crippen LogP contribution in [0.2, 0.25) is 5.15 Å². The van der Waals surface area contributed by atoms with E-state index in [1.807, 2.05) is 6.07 Å². The van der Waals surface area contributed by atoms with E-state index in [0.717, 1.165) is 5.56 Å². The molecule has 2 aromatic rings. The SMILES string of the molecule is COCc1cccc(NS(=O)(=O)c2cccnc2Cl)c1. The molecule has 0 saturated carbocycles. The minimum Gasteiger partial charge on any atom is -0.380 e. The van der Waals surface area contributed by atoms with Crippen LogP contribution >= 0.6 is 11.6 Å². The first-order valence-electron chi connectivity index (χ1n) is 5.74. The molecule has 1 N–H and O–H groups in total. The number of hydrogen-bond acceptors (Lipinski definition) is 4. The van der Waals surface area contributed by atoms with Gasteiger partial charge in [0.25, 0.3) is 10.0 Å². The fourth-order valence-corrected chi connectivity index (χ4v) is 3.18. The van der Waals surface area contributed by atoms with Gasteiger partial charge < -0.3 is 4.74 Å². The Morgan fingerprint density at radius 3 is 2.80 bits per heavy atom. The van der Waals surface area contributed by atoms with Gasteiger partial charge in [-0.3, -0.25) is 4.72 Å². The maximum Gasteiger partial charge on any atom is 0.264 e. The van der Waals surface area contributed by atoms with E-state index in [2.05, 4.69) is 9.71 Å². The van der Waals surface area contributed by atoms with Crippen LogP contribution in [0.15, 0.2) is 47.5 Å². The maximum absolute atomic E-state index is 12.2. The van der Waals surface area contributed by atoms with E-state index in [1.54, 1.807) is 25.3 Å². The van der Waals surface area contributed by atoms with Crippen molar-refractivity contribution in [2.45, 2.75) is 11.5 Å². The Kier molecular flexibility index (Phi) is 4.59. The number of ether oxygens (including phenoxy) is 1. The number of nitrogens with zero attached hydrogens (tertiary/aromatic N) is 1. The lowest BCUT2D eigenvalue weighted by Gasteiger charge is -2.10. The molecule has 0 bridgehead atoms. The quantitative estimate of drug-likeness (QED) is 0.862. The smallest absolute Gasteiger partial charge is 0.264 e. The summed E-state index contributed by atoms with van der Waals surface area (Å²) >= 11 is 5.81. The molecule has 1 aromatic heterocycles. The van der Waals surface area contributed by atoms with E-state index in [-0.39, 0.29) is 10.0 Å². The van der Waals surface area contributed by atoms with E-state index in [0.29, 0.717) is 12.3 Å². The van der Waals surface area contributed by atoms with Crippen LogP contribution in [-0.4, -0.2) is 20.5 Å². The highest BCUT2D eigenvalue weighted by Gasteiger charge is 2.18. The van der Waals surface area contributed by atoms with Crippen molar-refractivity contribution in [1.82, 2.24) is 4.98 Å². The summed E-state index contributed by atoms with van der Waals surface area (Å²) in [6.45, 7) is 0.406. The number of halogens is 1. The van der Waals surface area contributed by atoms with Crippen molar-refractivity contribution >= 4 is 27.3 Å². The van der Waals surface area contributed by atoms with E-state index >= 15 is 0 Å². The van der Waals surface area contributed by atoms with Gasteiger partial charge in [-0.1, -0.05) is 23.7 Å². The van der Waals surface area contributed by atoms with Crippen molar-refractivity contribution in [2.24, 2.45) is 0 Å². The molecule has 0 spiro atoms. The lowest BCUT2D eigenvalue weighted by atomic mass is 10.2. The van der Waals surface area contributed by atoms with Crippen molar-refractivity contribution in [2.75, 3.05) is 11.8 Å². The third kappa shape index (κ3) is 3.47. The third-order valence-corrected chi connectivity index (χ3v) is 4.33. The second kappa shape index (κ2) is 6.21. The van der Waals surface area contributed by atoms with Gasteiger partial charge in [0.2, 0.25) is 0 Å². The third-order valence-electron chi connectivity index (χ3n) is 2.50. The molecule has 0 aliphatic carbocycles. The fraction of sp³-hybridized carbons (Fsp3) is 0.154. The first-order valence-corrected chi connectivity index (χ1v) is 7.60. The van der Waals surface area contributed by atoms with Crippen LogP contribution in [0.4, 0.5) is 5.69 Å². The first kappa shape index (κ1) is 14.8. The minimum absolute atomic E-state index is 0.0567.